The highest BCUT2D eigenvalue weighted by Crippen LogP contribution is 2.33. The van der Waals surface area contributed by atoms with E-state index in [4.69, 9.17) is 5.73 Å². The van der Waals surface area contributed by atoms with Crippen molar-refractivity contribution in [3.05, 3.63) is 83.3 Å². The predicted molar refractivity (Wildman–Crippen MR) is 141 cm³/mol. The highest BCUT2D eigenvalue weighted by molar-refractivity contribution is 5.91. The Balaban J connectivity index is 2.05. The first-order valence-corrected chi connectivity index (χ1v) is 12.5. The average molecular weight is 552 g/mol. The Labute approximate surface area is 223 Å². The summed E-state index contributed by atoms with van der Waals surface area (Å²) in [6, 6.07) is 9.28. The number of nitrogens with two attached hydrogens (primary N) is 1. The Morgan fingerprint density at radius 2 is 1.62 bits per heavy atom. The summed E-state index contributed by atoms with van der Waals surface area (Å²) in [6.45, 7) is 6.15. The Kier molecular flexibility index (Phi) is 9.96. The van der Waals surface area contributed by atoms with Gasteiger partial charge in [-0.15, -0.1) is 0 Å². The van der Waals surface area contributed by atoms with Crippen molar-refractivity contribution in [2.24, 2.45) is 5.73 Å². The molecule has 0 fully saturated rings. The van der Waals surface area contributed by atoms with E-state index in [0.29, 0.717) is 40.3 Å². The molecule has 3 N–H and O–H groups in total. The zero-order valence-corrected chi connectivity index (χ0v) is 21.7. The first-order chi connectivity index (χ1) is 18.4. The fourth-order valence-corrected chi connectivity index (χ4v) is 4.13. The van der Waals surface area contributed by atoms with Crippen molar-refractivity contribution in [3.8, 4) is 0 Å². The maximum Gasteiger partial charge on any atom is 0.416 e. The molecule has 0 saturated heterocycles. The summed E-state index contributed by atoms with van der Waals surface area (Å²) in [5, 5.41) is 3.59. The lowest BCUT2D eigenvalue weighted by Gasteiger charge is -2.21. The van der Waals surface area contributed by atoms with Gasteiger partial charge in [-0.05, 0) is 80.2 Å². The number of allylic oxidation sites excluding steroid dienone is 3. The molecule has 0 aliphatic carbocycles. The van der Waals surface area contributed by atoms with Crippen LogP contribution in [0.15, 0.2) is 66.4 Å². The van der Waals surface area contributed by atoms with Crippen LogP contribution >= 0.6 is 0 Å². The van der Waals surface area contributed by atoms with Gasteiger partial charge in [0.25, 0.3) is 0 Å². The molecule has 0 atom stereocenters. The fraction of sp³-hybridized carbons (Fsp3) is 0.357. The van der Waals surface area contributed by atoms with Gasteiger partial charge in [-0.3, -0.25) is 4.90 Å². The van der Waals surface area contributed by atoms with Crippen molar-refractivity contribution >= 4 is 22.4 Å². The van der Waals surface area contributed by atoms with E-state index in [1.165, 1.54) is 12.1 Å². The van der Waals surface area contributed by atoms with Crippen molar-refractivity contribution in [1.29, 1.82) is 0 Å². The number of hydrogen-bond acceptors (Lipinski definition) is 5. The number of aromatic nitrogens is 2. The van der Waals surface area contributed by atoms with E-state index in [1.807, 2.05) is 0 Å². The molecule has 0 saturated carbocycles. The second-order valence-electron chi connectivity index (χ2n) is 9.07. The van der Waals surface area contributed by atoms with Crippen molar-refractivity contribution in [2.45, 2.75) is 52.0 Å². The molecular formula is C28H31F6N5. The largest absolute Gasteiger partial charge is 0.416 e. The molecule has 210 valence electrons. The molecular weight excluding hydrogens is 520 g/mol. The van der Waals surface area contributed by atoms with Crippen LogP contribution in [0.1, 0.15) is 43.6 Å². The van der Waals surface area contributed by atoms with Gasteiger partial charge in [0.2, 0.25) is 0 Å². The van der Waals surface area contributed by atoms with Crippen molar-refractivity contribution < 1.29 is 26.3 Å². The number of nitrogens with zero attached hydrogens (tertiary/aromatic N) is 3. The molecule has 0 radical (unpaired) electrons. The molecule has 39 heavy (non-hydrogen) atoms. The number of alkyl halides is 6. The van der Waals surface area contributed by atoms with Crippen molar-refractivity contribution in [3.63, 3.8) is 0 Å². The highest BCUT2D eigenvalue weighted by Gasteiger charge is 2.33. The quantitative estimate of drug-likeness (QED) is 0.191. The molecule has 0 amide bonds. The molecule has 3 aromatic rings. The lowest BCUT2D eigenvalue weighted by molar-refractivity contribution is -0.137. The van der Waals surface area contributed by atoms with Crippen molar-refractivity contribution in [2.75, 3.05) is 18.4 Å². The Bertz CT molecular complexity index is 1290. The molecule has 3 rings (SSSR count). The third kappa shape index (κ3) is 8.44. The standard InChI is InChI=1S/C28H31F6N5/c1-3-14-39(15-4-2)18-25-37-24-17-19(16-21(6-5-13-35)28(32,33)34)7-12-23(24)26(38-25)36-22-10-8-20(9-11-22)27(29,30)31/h5-13,17H,3-4,14-16,18,35H2,1-2H3,(H,36,37,38)/b13-5-,21-6+. The Hall–Kier alpha value is -3.60. The molecule has 11 heteroatoms. The van der Waals surface area contributed by atoms with Crippen LogP contribution in [0, 0.1) is 0 Å². The third-order valence-corrected chi connectivity index (χ3v) is 5.89. The van der Waals surface area contributed by atoms with Gasteiger partial charge in [0.05, 0.1) is 17.6 Å². The second kappa shape index (κ2) is 13.0. The summed E-state index contributed by atoms with van der Waals surface area (Å²) < 4.78 is 79.6. The monoisotopic (exact) mass is 551 g/mol. The number of fused-ring (bicyclic) bond motifs is 1. The van der Waals surface area contributed by atoms with Crippen LogP contribution in [0.2, 0.25) is 0 Å². The van der Waals surface area contributed by atoms with Gasteiger partial charge in [-0.1, -0.05) is 26.0 Å². The zero-order valence-electron chi connectivity index (χ0n) is 21.7. The summed E-state index contributed by atoms with van der Waals surface area (Å²) in [5.41, 5.74) is 4.87. The normalized spacial score (nSPS) is 13.1. The number of rotatable bonds is 11. The Morgan fingerprint density at radius 3 is 2.18 bits per heavy atom. The van der Waals surface area contributed by atoms with E-state index in [9.17, 15) is 26.3 Å². The molecule has 1 aromatic heterocycles. The smallest absolute Gasteiger partial charge is 0.405 e. The minimum Gasteiger partial charge on any atom is -0.405 e. The first kappa shape index (κ1) is 29.9. The maximum atomic E-state index is 13.5. The molecule has 5 nitrogen and oxygen atoms in total. The van der Waals surface area contributed by atoms with Crippen LogP contribution < -0.4 is 11.1 Å². The van der Waals surface area contributed by atoms with Crippen LogP contribution in [-0.4, -0.2) is 34.1 Å². The van der Waals surface area contributed by atoms with Gasteiger partial charge in [0.1, 0.15) is 11.6 Å². The number of benzene rings is 2. The molecule has 0 unspecified atom stereocenters. The van der Waals surface area contributed by atoms with Gasteiger partial charge in [0.15, 0.2) is 0 Å². The van der Waals surface area contributed by atoms with E-state index in [-0.39, 0.29) is 6.42 Å². The Morgan fingerprint density at radius 1 is 0.949 bits per heavy atom. The molecule has 1 heterocycles. The average Bonchev–Trinajstić information content (AvgIpc) is 2.86. The summed E-state index contributed by atoms with van der Waals surface area (Å²) in [4.78, 5) is 11.5. The van der Waals surface area contributed by atoms with Crippen LogP contribution in [0.3, 0.4) is 0 Å². The summed E-state index contributed by atoms with van der Waals surface area (Å²) >= 11 is 0. The summed E-state index contributed by atoms with van der Waals surface area (Å²) in [7, 11) is 0. The number of hydrogen-bond donors (Lipinski definition) is 2. The topological polar surface area (TPSA) is 67.1 Å². The fourth-order valence-electron chi connectivity index (χ4n) is 4.13. The number of nitrogens with one attached hydrogen (secondary N) is 1. The number of anilines is 2. The van der Waals surface area contributed by atoms with Crippen LogP contribution in [0.25, 0.3) is 10.9 Å². The second-order valence-corrected chi connectivity index (χ2v) is 9.07. The minimum atomic E-state index is -4.54. The van der Waals surface area contributed by atoms with Gasteiger partial charge >= 0.3 is 12.4 Å². The van der Waals surface area contributed by atoms with E-state index >= 15 is 0 Å². The SMILES string of the molecule is CCCN(CCC)Cc1nc(Nc2ccc(C(F)(F)F)cc2)c2ccc(C/C(=C\C=C/N)C(F)(F)F)cc2n1. The minimum absolute atomic E-state index is 0.354. The van der Waals surface area contributed by atoms with Gasteiger partial charge in [-0.25, -0.2) is 9.97 Å². The molecule has 0 aliphatic heterocycles. The molecule has 0 aliphatic rings. The van der Waals surface area contributed by atoms with E-state index in [0.717, 1.165) is 56.4 Å². The number of halogens is 6. The van der Waals surface area contributed by atoms with E-state index < -0.39 is 23.5 Å². The van der Waals surface area contributed by atoms with Gasteiger partial charge < -0.3 is 11.1 Å². The zero-order chi connectivity index (χ0) is 28.6. The lowest BCUT2D eigenvalue weighted by atomic mass is 10.0. The first-order valence-electron chi connectivity index (χ1n) is 12.5. The van der Waals surface area contributed by atoms with Crippen LogP contribution in [0.4, 0.5) is 37.8 Å². The maximum absolute atomic E-state index is 13.5. The van der Waals surface area contributed by atoms with Crippen LogP contribution in [-0.2, 0) is 19.1 Å². The van der Waals surface area contributed by atoms with E-state index in [1.54, 1.807) is 18.2 Å². The van der Waals surface area contributed by atoms with Gasteiger partial charge in [0, 0.05) is 23.1 Å². The third-order valence-electron chi connectivity index (χ3n) is 5.89. The molecule has 0 bridgehead atoms. The van der Waals surface area contributed by atoms with Gasteiger partial charge in [-0.2, -0.15) is 26.3 Å². The summed E-state index contributed by atoms with van der Waals surface area (Å²) in [5.74, 6) is 0.806. The molecule has 0 spiro atoms. The highest BCUT2D eigenvalue weighted by atomic mass is 19.4. The van der Waals surface area contributed by atoms with E-state index in [2.05, 4.69) is 34.0 Å². The molecule has 2 aromatic carbocycles. The predicted octanol–water partition coefficient (Wildman–Crippen LogP) is 7.52. The van der Waals surface area contributed by atoms with Crippen LogP contribution in [0.5, 0.6) is 0 Å². The summed E-state index contributed by atoms with van der Waals surface area (Å²) in [6.07, 6.45) is -4.47. The lowest BCUT2D eigenvalue weighted by Crippen LogP contribution is -2.26. The van der Waals surface area contributed by atoms with Crippen molar-refractivity contribution in [1.82, 2.24) is 14.9 Å².